The van der Waals surface area contributed by atoms with Crippen LogP contribution in [0.5, 0.6) is 0 Å². The van der Waals surface area contributed by atoms with Crippen LogP contribution in [0.3, 0.4) is 0 Å². The van der Waals surface area contributed by atoms with Gasteiger partial charge in [0.25, 0.3) is 0 Å². The third-order valence-corrected chi connectivity index (χ3v) is 5.49. The van der Waals surface area contributed by atoms with Gasteiger partial charge in [-0.2, -0.15) is 0 Å². The Morgan fingerprint density at radius 1 is 1.11 bits per heavy atom. The maximum atomic E-state index is 12.2. The van der Waals surface area contributed by atoms with E-state index >= 15 is 0 Å². The second kappa shape index (κ2) is 9.88. The van der Waals surface area contributed by atoms with Gasteiger partial charge in [0.05, 0.1) is 12.6 Å². The van der Waals surface area contributed by atoms with Crippen LogP contribution in [0.1, 0.15) is 30.1 Å². The van der Waals surface area contributed by atoms with Crippen LogP contribution in [0, 0.1) is 5.92 Å². The lowest BCUT2D eigenvalue weighted by Crippen LogP contribution is -2.42. The number of carbonyl (C=O) groups excluding carboxylic acids is 1. The van der Waals surface area contributed by atoms with Gasteiger partial charge in [0.15, 0.2) is 0 Å². The molecule has 2 aromatic rings. The first-order valence-electron chi connectivity index (χ1n) is 9.58. The highest BCUT2D eigenvalue weighted by Crippen LogP contribution is 2.30. The minimum Gasteiger partial charge on any atom is -0.388 e. The Balaban J connectivity index is 1.36. The monoisotopic (exact) mass is 386 g/mol. The molecule has 1 fully saturated rings. The Kier molecular flexibility index (Phi) is 7.27. The van der Waals surface area contributed by atoms with Crippen molar-refractivity contribution in [3.63, 3.8) is 0 Å². The van der Waals surface area contributed by atoms with E-state index in [4.69, 9.17) is 11.6 Å². The van der Waals surface area contributed by atoms with Gasteiger partial charge in [0.2, 0.25) is 5.91 Å². The zero-order chi connectivity index (χ0) is 19.1. The summed E-state index contributed by atoms with van der Waals surface area (Å²) in [6, 6.07) is 17.5. The average molecular weight is 387 g/mol. The molecule has 1 aliphatic rings. The largest absolute Gasteiger partial charge is 0.388 e. The van der Waals surface area contributed by atoms with Crippen LogP contribution in [0.15, 0.2) is 54.6 Å². The third-order valence-electron chi connectivity index (χ3n) is 5.24. The van der Waals surface area contributed by atoms with Crippen LogP contribution in [0.2, 0.25) is 5.02 Å². The fourth-order valence-corrected chi connectivity index (χ4v) is 3.73. The number of benzene rings is 2. The smallest absolute Gasteiger partial charge is 0.234 e. The number of carbonyl (C=O) groups is 1. The normalized spacial score (nSPS) is 16.8. The molecule has 3 rings (SSSR count). The Morgan fingerprint density at radius 2 is 1.78 bits per heavy atom. The Hall–Kier alpha value is -1.88. The van der Waals surface area contributed by atoms with Crippen LogP contribution in [-0.4, -0.2) is 42.1 Å². The van der Waals surface area contributed by atoms with Gasteiger partial charge >= 0.3 is 0 Å². The standard InChI is InChI=1S/C22H27ClN2O2/c23-20-8-6-17(7-9-20)10-13-24-21(26)16-25-14-11-19(12-15-25)22(27)18-4-2-1-3-5-18/h1-9,19,22,27H,10-16H2,(H,24,26). The minimum absolute atomic E-state index is 0.0611. The number of hydrogen-bond acceptors (Lipinski definition) is 3. The van der Waals surface area contributed by atoms with Crippen LogP contribution in [0.4, 0.5) is 0 Å². The van der Waals surface area contributed by atoms with E-state index in [1.807, 2.05) is 54.6 Å². The van der Waals surface area contributed by atoms with Gasteiger partial charge in [-0.1, -0.05) is 54.1 Å². The van der Waals surface area contributed by atoms with Crippen molar-refractivity contribution in [1.82, 2.24) is 10.2 Å². The van der Waals surface area contributed by atoms with Gasteiger partial charge < -0.3 is 10.4 Å². The fourth-order valence-electron chi connectivity index (χ4n) is 3.61. The highest BCUT2D eigenvalue weighted by atomic mass is 35.5. The quantitative estimate of drug-likeness (QED) is 0.766. The summed E-state index contributed by atoms with van der Waals surface area (Å²) in [5.74, 6) is 0.322. The van der Waals surface area contributed by atoms with Gasteiger partial charge in [-0.05, 0) is 61.5 Å². The fraction of sp³-hybridized carbons (Fsp3) is 0.409. The van der Waals surface area contributed by atoms with Gasteiger partial charge in [-0.25, -0.2) is 0 Å². The maximum absolute atomic E-state index is 12.2. The summed E-state index contributed by atoms with van der Waals surface area (Å²) in [6.07, 6.45) is 2.21. The van der Waals surface area contributed by atoms with Crippen molar-refractivity contribution in [3.8, 4) is 0 Å². The Morgan fingerprint density at radius 3 is 2.44 bits per heavy atom. The maximum Gasteiger partial charge on any atom is 0.234 e. The minimum atomic E-state index is -0.415. The molecule has 1 atom stereocenters. The van der Waals surface area contributed by atoms with Crippen molar-refractivity contribution in [1.29, 1.82) is 0 Å². The van der Waals surface area contributed by atoms with Crippen molar-refractivity contribution in [3.05, 3.63) is 70.7 Å². The number of aliphatic hydroxyl groups excluding tert-OH is 1. The number of hydrogen-bond donors (Lipinski definition) is 2. The second-order valence-corrected chi connectivity index (χ2v) is 7.63. The number of rotatable bonds is 7. The van der Waals surface area contributed by atoms with Crippen molar-refractivity contribution < 1.29 is 9.90 Å². The molecule has 1 heterocycles. The van der Waals surface area contributed by atoms with Gasteiger partial charge in [0.1, 0.15) is 0 Å². The predicted octanol–water partition coefficient (Wildman–Crippen LogP) is 3.44. The van der Waals surface area contributed by atoms with Crippen LogP contribution in [-0.2, 0) is 11.2 Å². The summed E-state index contributed by atoms with van der Waals surface area (Å²) in [7, 11) is 0. The average Bonchev–Trinajstić information content (AvgIpc) is 2.70. The highest BCUT2D eigenvalue weighted by molar-refractivity contribution is 6.30. The molecular weight excluding hydrogens is 360 g/mol. The second-order valence-electron chi connectivity index (χ2n) is 7.20. The number of halogens is 1. The molecule has 0 saturated carbocycles. The molecule has 1 amide bonds. The summed E-state index contributed by atoms with van der Waals surface area (Å²) in [5, 5.41) is 14.3. The van der Waals surface area contributed by atoms with Crippen molar-refractivity contribution in [2.75, 3.05) is 26.2 Å². The van der Waals surface area contributed by atoms with E-state index in [2.05, 4.69) is 10.2 Å². The lowest BCUT2D eigenvalue weighted by Gasteiger charge is -2.34. The van der Waals surface area contributed by atoms with E-state index in [1.165, 1.54) is 0 Å². The van der Waals surface area contributed by atoms with E-state index in [0.717, 1.165) is 48.5 Å². The van der Waals surface area contributed by atoms with E-state index in [0.29, 0.717) is 13.1 Å². The van der Waals surface area contributed by atoms with Crippen LogP contribution >= 0.6 is 11.6 Å². The molecular formula is C22H27ClN2O2. The van der Waals surface area contributed by atoms with E-state index in [1.54, 1.807) is 0 Å². The van der Waals surface area contributed by atoms with Crippen LogP contribution < -0.4 is 5.32 Å². The molecule has 1 aliphatic heterocycles. The molecule has 1 saturated heterocycles. The SMILES string of the molecule is O=C(CN1CCC(C(O)c2ccccc2)CC1)NCCc1ccc(Cl)cc1. The predicted molar refractivity (Wildman–Crippen MR) is 109 cm³/mol. The molecule has 27 heavy (non-hydrogen) atoms. The summed E-state index contributed by atoms with van der Waals surface area (Å²) in [4.78, 5) is 14.3. The number of amides is 1. The van der Waals surface area contributed by atoms with Crippen molar-refractivity contribution in [2.24, 2.45) is 5.92 Å². The van der Waals surface area contributed by atoms with E-state index < -0.39 is 6.10 Å². The summed E-state index contributed by atoms with van der Waals surface area (Å²) in [6.45, 7) is 2.75. The zero-order valence-electron chi connectivity index (χ0n) is 15.5. The lowest BCUT2D eigenvalue weighted by atomic mass is 9.87. The molecule has 2 aromatic carbocycles. The Labute approximate surface area is 166 Å². The number of aliphatic hydroxyl groups is 1. The van der Waals surface area contributed by atoms with Crippen molar-refractivity contribution in [2.45, 2.75) is 25.4 Å². The van der Waals surface area contributed by atoms with Crippen LogP contribution in [0.25, 0.3) is 0 Å². The highest BCUT2D eigenvalue weighted by Gasteiger charge is 2.26. The van der Waals surface area contributed by atoms with Crippen molar-refractivity contribution >= 4 is 17.5 Å². The lowest BCUT2D eigenvalue weighted by molar-refractivity contribution is -0.122. The molecule has 0 aromatic heterocycles. The molecule has 0 radical (unpaired) electrons. The van der Waals surface area contributed by atoms with E-state index in [9.17, 15) is 9.90 Å². The summed E-state index contributed by atoms with van der Waals surface area (Å²) in [5.41, 5.74) is 2.14. The third kappa shape index (κ3) is 6.06. The molecule has 0 bridgehead atoms. The number of piperidine rings is 1. The molecule has 2 N–H and O–H groups in total. The molecule has 4 nitrogen and oxygen atoms in total. The van der Waals surface area contributed by atoms with Gasteiger partial charge in [-0.3, -0.25) is 9.69 Å². The number of nitrogens with zero attached hydrogens (tertiary/aromatic N) is 1. The van der Waals surface area contributed by atoms with Gasteiger partial charge in [0, 0.05) is 11.6 Å². The number of nitrogens with one attached hydrogen (secondary N) is 1. The molecule has 144 valence electrons. The summed E-state index contributed by atoms with van der Waals surface area (Å²) >= 11 is 5.88. The summed E-state index contributed by atoms with van der Waals surface area (Å²) < 4.78 is 0. The van der Waals surface area contributed by atoms with E-state index in [-0.39, 0.29) is 11.8 Å². The van der Waals surface area contributed by atoms with Gasteiger partial charge in [-0.15, -0.1) is 0 Å². The number of likely N-dealkylation sites (tertiary alicyclic amines) is 1. The first-order valence-corrected chi connectivity index (χ1v) is 9.96. The Bertz CT molecular complexity index is 713. The molecule has 0 aliphatic carbocycles. The first-order chi connectivity index (χ1) is 13.1. The molecule has 0 spiro atoms. The topological polar surface area (TPSA) is 52.6 Å². The molecule has 1 unspecified atom stereocenters. The first kappa shape index (κ1) is 19.9. The molecule has 5 heteroatoms. The zero-order valence-corrected chi connectivity index (χ0v) is 16.2.